The molecule has 0 aromatic carbocycles. The number of piperidine rings is 1. The number of amides is 1. The highest BCUT2D eigenvalue weighted by Gasteiger charge is 2.37. The zero-order valence-electron chi connectivity index (χ0n) is 14.9. The predicted octanol–water partition coefficient (Wildman–Crippen LogP) is 3.08. The first kappa shape index (κ1) is 17.4. The van der Waals surface area contributed by atoms with Gasteiger partial charge in [-0.3, -0.25) is 19.5 Å². The Morgan fingerprint density at radius 1 is 1.08 bits per heavy atom. The molecule has 136 valence electrons. The Morgan fingerprint density at radius 2 is 1.85 bits per heavy atom. The lowest BCUT2D eigenvalue weighted by Crippen LogP contribution is -2.47. The smallest absolute Gasteiger partial charge is 0.264 e. The second-order valence-electron chi connectivity index (χ2n) is 7.32. The van der Waals surface area contributed by atoms with Crippen molar-refractivity contribution in [3.8, 4) is 0 Å². The summed E-state index contributed by atoms with van der Waals surface area (Å²) < 4.78 is 0. The summed E-state index contributed by atoms with van der Waals surface area (Å²) >= 11 is 1.32. The first-order chi connectivity index (χ1) is 12.6. The molecular weight excluding hydrogens is 346 g/mol. The van der Waals surface area contributed by atoms with E-state index in [9.17, 15) is 9.59 Å². The van der Waals surface area contributed by atoms with Crippen LogP contribution in [0, 0.1) is 5.92 Å². The summed E-state index contributed by atoms with van der Waals surface area (Å²) in [5.74, 6) is 0.629. The van der Waals surface area contributed by atoms with Gasteiger partial charge in [0.15, 0.2) is 5.78 Å². The van der Waals surface area contributed by atoms with E-state index < -0.39 is 0 Å². The summed E-state index contributed by atoms with van der Waals surface area (Å²) in [6, 6.07) is 7.95. The Bertz CT molecular complexity index is 804. The van der Waals surface area contributed by atoms with E-state index in [1.54, 1.807) is 19.1 Å². The molecule has 0 saturated carbocycles. The number of Topliss-reactive ketones (excluding diaryl/α,β-unsaturated/α-hetero) is 1. The number of aromatic nitrogens is 1. The fraction of sp³-hybridized carbons (Fsp3) is 0.450. The minimum absolute atomic E-state index is 0.0231. The van der Waals surface area contributed by atoms with Gasteiger partial charge in [0.05, 0.1) is 9.75 Å². The summed E-state index contributed by atoms with van der Waals surface area (Å²) in [4.78, 5) is 34.5. The van der Waals surface area contributed by atoms with Crippen molar-refractivity contribution in [1.82, 2.24) is 14.8 Å². The molecule has 0 unspecified atom stereocenters. The van der Waals surface area contributed by atoms with Crippen molar-refractivity contribution in [2.45, 2.75) is 32.4 Å². The van der Waals surface area contributed by atoms with E-state index in [0.717, 1.165) is 32.6 Å². The van der Waals surface area contributed by atoms with Crippen molar-refractivity contribution in [2.75, 3.05) is 19.6 Å². The van der Waals surface area contributed by atoms with Crippen LogP contribution in [0.3, 0.4) is 0 Å². The number of ketones is 1. The molecule has 26 heavy (non-hydrogen) atoms. The van der Waals surface area contributed by atoms with Crippen LogP contribution in [0.4, 0.5) is 0 Å². The molecule has 2 aromatic rings. The van der Waals surface area contributed by atoms with Crippen LogP contribution < -0.4 is 0 Å². The summed E-state index contributed by atoms with van der Waals surface area (Å²) in [6.07, 6.45) is 5.92. The standard InChI is InChI=1S/C20H23N3O2S/c1-14(24)18-4-5-19(26-18)20(25)23-12-16-2-3-17(23)13-22(11-16)10-15-6-8-21-9-7-15/h4-9,16-17H,2-3,10-13H2,1H3/t16-,17+/m0/s1. The molecular formula is C20H23N3O2S. The highest BCUT2D eigenvalue weighted by atomic mass is 32.1. The van der Waals surface area contributed by atoms with E-state index in [1.807, 2.05) is 12.4 Å². The lowest BCUT2D eigenvalue weighted by atomic mass is 9.95. The Kier molecular flexibility index (Phi) is 4.87. The summed E-state index contributed by atoms with van der Waals surface area (Å²) in [5.41, 5.74) is 1.27. The SMILES string of the molecule is CC(=O)c1ccc(C(=O)N2C[C@H]3CC[C@@H]2CN(Cc2ccncc2)C3)s1. The summed E-state index contributed by atoms with van der Waals surface area (Å²) in [6.45, 7) is 5.22. The molecule has 1 amide bonds. The Morgan fingerprint density at radius 3 is 2.58 bits per heavy atom. The van der Waals surface area contributed by atoms with Crippen molar-refractivity contribution in [1.29, 1.82) is 0 Å². The number of pyridine rings is 1. The highest BCUT2D eigenvalue weighted by Crippen LogP contribution is 2.31. The van der Waals surface area contributed by atoms with Gasteiger partial charge >= 0.3 is 0 Å². The Labute approximate surface area is 157 Å². The predicted molar refractivity (Wildman–Crippen MR) is 101 cm³/mol. The van der Waals surface area contributed by atoms with Crippen LogP contribution in [-0.4, -0.2) is 52.2 Å². The van der Waals surface area contributed by atoms with Gasteiger partial charge in [-0.2, -0.15) is 0 Å². The Balaban J connectivity index is 1.49. The van der Waals surface area contributed by atoms with E-state index in [2.05, 4.69) is 26.9 Å². The largest absolute Gasteiger partial charge is 0.333 e. The zero-order chi connectivity index (χ0) is 18.1. The molecule has 3 fully saturated rings. The number of rotatable bonds is 4. The van der Waals surface area contributed by atoms with Gasteiger partial charge in [0, 0.05) is 44.6 Å². The third-order valence-electron chi connectivity index (χ3n) is 5.37. The number of thiophene rings is 1. The normalized spacial score (nSPS) is 23.0. The molecule has 5 rings (SSSR count). The second-order valence-corrected chi connectivity index (χ2v) is 8.41. The van der Waals surface area contributed by atoms with E-state index in [0.29, 0.717) is 15.7 Å². The van der Waals surface area contributed by atoms with Crippen molar-refractivity contribution in [3.05, 3.63) is 52.0 Å². The van der Waals surface area contributed by atoms with Crippen LogP contribution in [0.2, 0.25) is 0 Å². The zero-order valence-corrected chi connectivity index (χ0v) is 15.7. The van der Waals surface area contributed by atoms with Gasteiger partial charge in [-0.1, -0.05) is 0 Å². The third kappa shape index (κ3) is 3.57. The maximum atomic E-state index is 13.0. The van der Waals surface area contributed by atoms with Gasteiger partial charge in [-0.15, -0.1) is 11.3 Å². The third-order valence-corrected chi connectivity index (χ3v) is 6.54. The average Bonchev–Trinajstić information content (AvgIpc) is 2.98. The number of fused-ring (bicyclic) bond motifs is 4. The van der Waals surface area contributed by atoms with Crippen LogP contribution in [0.5, 0.6) is 0 Å². The minimum Gasteiger partial charge on any atom is -0.333 e. The highest BCUT2D eigenvalue weighted by molar-refractivity contribution is 7.15. The monoisotopic (exact) mass is 369 g/mol. The van der Waals surface area contributed by atoms with E-state index >= 15 is 0 Å². The Hall–Kier alpha value is -2.05. The van der Waals surface area contributed by atoms with Gasteiger partial charge in [-0.25, -0.2) is 0 Å². The molecule has 0 N–H and O–H groups in total. The molecule has 0 aliphatic carbocycles. The molecule has 5 nitrogen and oxygen atoms in total. The van der Waals surface area contributed by atoms with Crippen molar-refractivity contribution >= 4 is 23.0 Å². The summed E-state index contributed by atoms with van der Waals surface area (Å²) in [7, 11) is 0. The van der Waals surface area contributed by atoms with Crippen LogP contribution in [0.1, 0.15) is 44.7 Å². The molecule has 2 aromatic heterocycles. The number of carbonyl (C=O) groups is 2. The van der Waals surface area contributed by atoms with Crippen LogP contribution in [0.15, 0.2) is 36.7 Å². The van der Waals surface area contributed by atoms with Gasteiger partial charge in [0.1, 0.15) is 0 Å². The lowest BCUT2D eigenvalue weighted by Gasteiger charge is -2.36. The molecule has 2 atom stereocenters. The van der Waals surface area contributed by atoms with Gasteiger partial charge in [0.2, 0.25) is 0 Å². The number of carbonyl (C=O) groups excluding carboxylic acids is 2. The lowest BCUT2D eigenvalue weighted by molar-refractivity contribution is 0.0590. The van der Waals surface area contributed by atoms with Gasteiger partial charge < -0.3 is 4.90 Å². The molecule has 0 spiro atoms. The van der Waals surface area contributed by atoms with E-state index in [4.69, 9.17) is 0 Å². The molecule has 3 saturated heterocycles. The fourth-order valence-electron chi connectivity index (χ4n) is 4.09. The first-order valence-electron chi connectivity index (χ1n) is 9.13. The average molecular weight is 369 g/mol. The number of hydrogen-bond donors (Lipinski definition) is 0. The summed E-state index contributed by atoms with van der Waals surface area (Å²) in [5, 5.41) is 0. The molecule has 2 bridgehead atoms. The van der Waals surface area contributed by atoms with E-state index in [-0.39, 0.29) is 17.7 Å². The minimum atomic E-state index is 0.0231. The molecule has 3 aliphatic heterocycles. The molecule has 3 aliphatic rings. The number of hydrogen-bond acceptors (Lipinski definition) is 5. The maximum absolute atomic E-state index is 13.0. The van der Waals surface area contributed by atoms with Gasteiger partial charge in [0.25, 0.3) is 5.91 Å². The van der Waals surface area contributed by atoms with E-state index in [1.165, 1.54) is 23.3 Å². The van der Waals surface area contributed by atoms with Crippen molar-refractivity contribution in [3.63, 3.8) is 0 Å². The van der Waals surface area contributed by atoms with Crippen LogP contribution in [0.25, 0.3) is 0 Å². The molecule has 5 heterocycles. The van der Waals surface area contributed by atoms with Crippen LogP contribution >= 0.6 is 11.3 Å². The maximum Gasteiger partial charge on any atom is 0.264 e. The van der Waals surface area contributed by atoms with Gasteiger partial charge in [-0.05, 0) is 55.5 Å². The first-order valence-corrected chi connectivity index (χ1v) is 9.95. The topological polar surface area (TPSA) is 53.5 Å². The quantitative estimate of drug-likeness (QED) is 0.777. The molecule has 0 radical (unpaired) electrons. The van der Waals surface area contributed by atoms with Crippen molar-refractivity contribution < 1.29 is 9.59 Å². The molecule has 6 heteroatoms. The second kappa shape index (κ2) is 7.29. The fourth-order valence-corrected chi connectivity index (χ4v) is 4.94. The van der Waals surface area contributed by atoms with Crippen LogP contribution in [-0.2, 0) is 6.54 Å². The number of nitrogens with zero attached hydrogens (tertiary/aromatic N) is 3. The van der Waals surface area contributed by atoms with Crippen molar-refractivity contribution in [2.24, 2.45) is 5.92 Å².